The number of benzene rings is 2. The van der Waals surface area contributed by atoms with E-state index in [1.165, 1.54) is 0 Å². The Balaban J connectivity index is 1.86. The summed E-state index contributed by atoms with van der Waals surface area (Å²) in [5.74, 6) is 1.19. The Morgan fingerprint density at radius 2 is 1.69 bits per heavy atom. The van der Waals surface area contributed by atoms with Gasteiger partial charge in [0, 0.05) is 11.3 Å². The van der Waals surface area contributed by atoms with E-state index >= 15 is 0 Å². The van der Waals surface area contributed by atoms with Crippen molar-refractivity contribution in [1.82, 2.24) is 5.32 Å². The molecule has 0 aliphatic carbocycles. The number of carbonyl (C=O) groups is 1. The molecule has 2 rings (SSSR count). The van der Waals surface area contributed by atoms with Crippen molar-refractivity contribution < 1.29 is 14.3 Å². The van der Waals surface area contributed by atoms with Gasteiger partial charge in [-0.05, 0) is 67.2 Å². The van der Waals surface area contributed by atoms with Crippen LogP contribution in [-0.2, 0) is 0 Å². The van der Waals surface area contributed by atoms with Gasteiger partial charge in [-0.3, -0.25) is 10.1 Å². The molecule has 0 radical (unpaired) electrons. The molecule has 0 saturated heterocycles. The van der Waals surface area contributed by atoms with Crippen LogP contribution in [0.2, 0.25) is 0 Å². The van der Waals surface area contributed by atoms with Gasteiger partial charge in [0.05, 0.1) is 6.61 Å². The number of rotatable bonds is 8. The summed E-state index contributed by atoms with van der Waals surface area (Å²) in [4.78, 5) is 12.2. The summed E-state index contributed by atoms with van der Waals surface area (Å²) in [6.07, 6.45) is 2.61. The molecule has 26 heavy (non-hydrogen) atoms. The molecule has 6 heteroatoms. The fraction of sp³-hybridized carbons (Fsp3) is 0.200. The maximum atomic E-state index is 12.2. The van der Waals surface area contributed by atoms with E-state index in [4.69, 9.17) is 21.7 Å². The standard InChI is InChI=1S/C20H22N2O3S/c1-3-13-24-17-9-5-15(6-10-17)19(23)22-20(26)21-16-7-11-18(12-8-16)25-14-4-2/h4-12H,2-3,13-14H2,1H3,(H2,21,22,23,26). The van der Waals surface area contributed by atoms with E-state index in [1.807, 2.05) is 31.2 Å². The summed E-state index contributed by atoms with van der Waals surface area (Å²) in [7, 11) is 0. The maximum absolute atomic E-state index is 12.2. The first-order valence-electron chi connectivity index (χ1n) is 8.31. The molecule has 0 fully saturated rings. The molecule has 0 aromatic heterocycles. The molecule has 0 spiro atoms. The number of thiocarbonyl (C=S) groups is 1. The predicted molar refractivity (Wildman–Crippen MR) is 108 cm³/mol. The van der Waals surface area contributed by atoms with E-state index in [2.05, 4.69) is 17.2 Å². The average molecular weight is 370 g/mol. The molecule has 2 aromatic carbocycles. The van der Waals surface area contributed by atoms with E-state index < -0.39 is 0 Å². The van der Waals surface area contributed by atoms with Crippen LogP contribution >= 0.6 is 12.2 Å². The van der Waals surface area contributed by atoms with Gasteiger partial charge in [0.1, 0.15) is 18.1 Å². The second-order valence-corrected chi connectivity index (χ2v) is 5.81. The van der Waals surface area contributed by atoms with Crippen molar-refractivity contribution in [3.63, 3.8) is 0 Å². The number of hydrogen-bond acceptors (Lipinski definition) is 4. The summed E-state index contributed by atoms with van der Waals surface area (Å²) in [6, 6.07) is 14.2. The van der Waals surface area contributed by atoms with Crippen LogP contribution in [0.3, 0.4) is 0 Å². The minimum Gasteiger partial charge on any atom is -0.494 e. The van der Waals surface area contributed by atoms with Gasteiger partial charge in [-0.15, -0.1) is 0 Å². The monoisotopic (exact) mass is 370 g/mol. The molecule has 0 saturated carbocycles. The predicted octanol–water partition coefficient (Wildman–Crippen LogP) is 4.17. The topological polar surface area (TPSA) is 59.6 Å². The van der Waals surface area contributed by atoms with Crippen molar-refractivity contribution >= 4 is 28.9 Å². The number of hydrogen-bond donors (Lipinski definition) is 2. The largest absolute Gasteiger partial charge is 0.494 e. The zero-order valence-corrected chi connectivity index (χ0v) is 15.5. The summed E-state index contributed by atoms with van der Waals surface area (Å²) in [5, 5.41) is 5.84. The second-order valence-electron chi connectivity index (χ2n) is 5.41. The van der Waals surface area contributed by atoms with Gasteiger partial charge in [0.25, 0.3) is 5.91 Å². The Morgan fingerprint density at radius 1 is 1.08 bits per heavy atom. The Bertz CT molecular complexity index is 743. The van der Waals surface area contributed by atoms with Crippen LogP contribution in [0.15, 0.2) is 61.2 Å². The van der Waals surface area contributed by atoms with Crippen LogP contribution < -0.4 is 20.1 Å². The molecule has 0 atom stereocenters. The first kappa shape index (κ1) is 19.5. The van der Waals surface area contributed by atoms with Gasteiger partial charge in [-0.2, -0.15) is 0 Å². The van der Waals surface area contributed by atoms with Crippen molar-refractivity contribution in [1.29, 1.82) is 0 Å². The van der Waals surface area contributed by atoms with Gasteiger partial charge in [0.15, 0.2) is 5.11 Å². The van der Waals surface area contributed by atoms with E-state index in [1.54, 1.807) is 30.3 Å². The van der Waals surface area contributed by atoms with Crippen LogP contribution in [0.1, 0.15) is 23.7 Å². The van der Waals surface area contributed by atoms with Crippen LogP contribution in [0.5, 0.6) is 11.5 Å². The summed E-state index contributed by atoms with van der Waals surface area (Å²) in [5.41, 5.74) is 1.26. The molecule has 0 unspecified atom stereocenters. The molecule has 2 N–H and O–H groups in total. The lowest BCUT2D eigenvalue weighted by atomic mass is 10.2. The van der Waals surface area contributed by atoms with E-state index in [-0.39, 0.29) is 11.0 Å². The third-order valence-corrected chi connectivity index (χ3v) is 3.50. The summed E-state index contributed by atoms with van der Waals surface area (Å²) in [6.45, 7) is 6.74. The minimum absolute atomic E-state index is 0.223. The summed E-state index contributed by atoms with van der Waals surface area (Å²) >= 11 is 5.19. The van der Waals surface area contributed by atoms with Gasteiger partial charge in [-0.25, -0.2) is 0 Å². The number of carbonyl (C=O) groups excluding carboxylic acids is 1. The molecule has 5 nitrogen and oxygen atoms in total. The fourth-order valence-electron chi connectivity index (χ4n) is 2.05. The highest BCUT2D eigenvalue weighted by atomic mass is 32.1. The molecule has 0 aliphatic heterocycles. The number of amides is 1. The summed E-state index contributed by atoms with van der Waals surface area (Å²) < 4.78 is 10.9. The highest BCUT2D eigenvalue weighted by Gasteiger charge is 2.08. The molecule has 2 aromatic rings. The lowest BCUT2D eigenvalue weighted by Crippen LogP contribution is -2.34. The Hall–Kier alpha value is -2.86. The average Bonchev–Trinajstić information content (AvgIpc) is 2.66. The SMILES string of the molecule is C=CCOc1ccc(NC(=S)NC(=O)c2ccc(OCCC)cc2)cc1. The highest BCUT2D eigenvalue weighted by molar-refractivity contribution is 7.80. The lowest BCUT2D eigenvalue weighted by molar-refractivity contribution is 0.0977. The van der Waals surface area contributed by atoms with Gasteiger partial charge < -0.3 is 14.8 Å². The van der Waals surface area contributed by atoms with Crippen LogP contribution in [0.25, 0.3) is 0 Å². The van der Waals surface area contributed by atoms with Crippen molar-refractivity contribution in [3.8, 4) is 11.5 Å². The Kier molecular flexibility index (Phi) is 7.64. The molecule has 0 aliphatic rings. The van der Waals surface area contributed by atoms with Gasteiger partial charge >= 0.3 is 0 Å². The van der Waals surface area contributed by atoms with Crippen molar-refractivity contribution in [2.75, 3.05) is 18.5 Å². The zero-order chi connectivity index (χ0) is 18.8. The maximum Gasteiger partial charge on any atom is 0.257 e. The van der Waals surface area contributed by atoms with Gasteiger partial charge in [-0.1, -0.05) is 19.6 Å². The lowest BCUT2D eigenvalue weighted by Gasteiger charge is -2.11. The molecule has 0 bridgehead atoms. The number of anilines is 1. The number of ether oxygens (including phenoxy) is 2. The Morgan fingerprint density at radius 3 is 2.31 bits per heavy atom. The third kappa shape index (κ3) is 6.22. The highest BCUT2D eigenvalue weighted by Crippen LogP contribution is 2.16. The minimum atomic E-state index is -0.282. The quantitative estimate of drug-likeness (QED) is 0.540. The normalized spacial score (nSPS) is 9.88. The van der Waals surface area contributed by atoms with E-state index in [9.17, 15) is 4.79 Å². The first-order valence-corrected chi connectivity index (χ1v) is 8.72. The van der Waals surface area contributed by atoms with E-state index in [0.29, 0.717) is 18.8 Å². The third-order valence-electron chi connectivity index (χ3n) is 3.30. The molecular weight excluding hydrogens is 348 g/mol. The van der Waals surface area contributed by atoms with Crippen LogP contribution in [0.4, 0.5) is 5.69 Å². The van der Waals surface area contributed by atoms with Crippen molar-refractivity contribution in [3.05, 3.63) is 66.7 Å². The smallest absolute Gasteiger partial charge is 0.257 e. The molecule has 0 heterocycles. The van der Waals surface area contributed by atoms with Crippen LogP contribution in [-0.4, -0.2) is 24.2 Å². The Labute approximate surface area is 159 Å². The first-order chi connectivity index (χ1) is 12.6. The zero-order valence-electron chi connectivity index (χ0n) is 14.7. The second kappa shape index (κ2) is 10.2. The van der Waals surface area contributed by atoms with Gasteiger partial charge in [0.2, 0.25) is 0 Å². The fourth-order valence-corrected chi connectivity index (χ4v) is 2.26. The van der Waals surface area contributed by atoms with E-state index in [0.717, 1.165) is 23.6 Å². The number of nitrogens with one attached hydrogen (secondary N) is 2. The van der Waals surface area contributed by atoms with Crippen LogP contribution in [0, 0.1) is 0 Å². The van der Waals surface area contributed by atoms with Crippen molar-refractivity contribution in [2.24, 2.45) is 0 Å². The van der Waals surface area contributed by atoms with Crippen molar-refractivity contribution in [2.45, 2.75) is 13.3 Å². The molecule has 1 amide bonds. The molecule has 136 valence electrons. The molecular formula is C20H22N2O3S.